The minimum absolute atomic E-state index is 0.219. The number of nitrogens with zero attached hydrogens (tertiary/aromatic N) is 2. The molecule has 0 aromatic rings. The fourth-order valence-electron chi connectivity index (χ4n) is 0.673. The third-order valence-electron chi connectivity index (χ3n) is 1.40. The van der Waals surface area contributed by atoms with Gasteiger partial charge in [-0.2, -0.15) is 0 Å². The standard InChI is InChI=1S/C5H9N3O5/c1-6-4(9)2-3-5(7(10)11)8(12)13/h5H,2-3H2,1H3,(H,6,9). The van der Waals surface area contributed by atoms with E-state index in [2.05, 4.69) is 5.32 Å². The van der Waals surface area contributed by atoms with Crippen LogP contribution in [0.2, 0.25) is 0 Å². The third-order valence-corrected chi connectivity index (χ3v) is 1.40. The maximum atomic E-state index is 10.6. The molecule has 0 saturated heterocycles. The van der Waals surface area contributed by atoms with Crippen LogP contribution in [0.5, 0.6) is 0 Å². The van der Waals surface area contributed by atoms with E-state index in [9.17, 15) is 25.0 Å². The fourth-order valence-corrected chi connectivity index (χ4v) is 0.673. The lowest BCUT2D eigenvalue weighted by Gasteiger charge is -2.00. The highest BCUT2D eigenvalue weighted by Gasteiger charge is 2.31. The first-order chi connectivity index (χ1) is 5.99. The average Bonchev–Trinajstić information content (AvgIpc) is 2.03. The van der Waals surface area contributed by atoms with Gasteiger partial charge in [-0.3, -0.25) is 25.0 Å². The van der Waals surface area contributed by atoms with E-state index in [4.69, 9.17) is 0 Å². The Morgan fingerprint density at radius 1 is 1.38 bits per heavy atom. The minimum Gasteiger partial charge on any atom is -0.359 e. The Kier molecular flexibility index (Phi) is 4.34. The summed E-state index contributed by atoms with van der Waals surface area (Å²) in [4.78, 5) is 28.7. The number of hydrogen-bond acceptors (Lipinski definition) is 5. The van der Waals surface area contributed by atoms with E-state index in [1.165, 1.54) is 7.05 Å². The summed E-state index contributed by atoms with van der Waals surface area (Å²) < 4.78 is 0. The second-order valence-corrected chi connectivity index (χ2v) is 2.26. The summed E-state index contributed by atoms with van der Waals surface area (Å²) in [6, 6.07) is 0. The van der Waals surface area contributed by atoms with Crippen molar-refractivity contribution in [1.29, 1.82) is 0 Å². The van der Waals surface area contributed by atoms with Gasteiger partial charge in [0.15, 0.2) is 0 Å². The largest absolute Gasteiger partial charge is 0.451 e. The summed E-state index contributed by atoms with van der Waals surface area (Å²) in [6.07, 6.45) is -2.50. The van der Waals surface area contributed by atoms with Crippen molar-refractivity contribution in [2.45, 2.75) is 19.0 Å². The van der Waals surface area contributed by atoms with E-state index in [1.54, 1.807) is 0 Å². The monoisotopic (exact) mass is 191 g/mol. The Morgan fingerprint density at radius 3 is 2.15 bits per heavy atom. The van der Waals surface area contributed by atoms with Gasteiger partial charge in [-0.15, -0.1) is 0 Å². The highest BCUT2D eigenvalue weighted by atomic mass is 16.7. The van der Waals surface area contributed by atoms with Crippen molar-refractivity contribution in [2.75, 3.05) is 7.05 Å². The topological polar surface area (TPSA) is 115 Å². The second kappa shape index (κ2) is 5.01. The van der Waals surface area contributed by atoms with Crippen LogP contribution < -0.4 is 5.32 Å². The molecule has 0 radical (unpaired) electrons. The van der Waals surface area contributed by atoms with Gasteiger partial charge in [-0.05, 0) is 0 Å². The lowest BCUT2D eigenvalue weighted by molar-refractivity contribution is -0.742. The van der Waals surface area contributed by atoms with E-state index in [1.807, 2.05) is 0 Å². The molecule has 0 aromatic carbocycles. The average molecular weight is 191 g/mol. The summed E-state index contributed by atoms with van der Waals surface area (Å²) in [6.45, 7) is 0. The minimum atomic E-state index is -1.89. The number of nitrogens with one attached hydrogen (secondary N) is 1. The maximum Gasteiger partial charge on any atom is 0.451 e. The molecule has 0 heterocycles. The first-order valence-corrected chi connectivity index (χ1v) is 3.46. The van der Waals surface area contributed by atoms with Crippen molar-refractivity contribution in [3.63, 3.8) is 0 Å². The van der Waals surface area contributed by atoms with Gasteiger partial charge in [-0.25, -0.2) is 0 Å². The van der Waals surface area contributed by atoms with Crippen molar-refractivity contribution in [3.05, 3.63) is 20.2 Å². The molecule has 0 aliphatic heterocycles. The second-order valence-electron chi connectivity index (χ2n) is 2.26. The van der Waals surface area contributed by atoms with Crippen LogP contribution in [0.1, 0.15) is 12.8 Å². The summed E-state index contributed by atoms with van der Waals surface area (Å²) >= 11 is 0. The van der Waals surface area contributed by atoms with E-state index < -0.39 is 21.9 Å². The lowest BCUT2D eigenvalue weighted by Crippen LogP contribution is -2.30. The molecule has 0 saturated carbocycles. The van der Waals surface area contributed by atoms with Gasteiger partial charge in [0.1, 0.15) is 0 Å². The molecule has 0 spiro atoms. The molecule has 0 unspecified atom stereocenters. The predicted molar refractivity (Wildman–Crippen MR) is 41.1 cm³/mol. The molecule has 0 bridgehead atoms. The maximum absolute atomic E-state index is 10.6. The first kappa shape index (κ1) is 11.3. The molecule has 0 rings (SSSR count). The van der Waals surface area contributed by atoms with Crippen molar-refractivity contribution in [3.8, 4) is 0 Å². The summed E-state index contributed by atoms with van der Waals surface area (Å²) in [5, 5.41) is 22.4. The van der Waals surface area contributed by atoms with E-state index in [0.29, 0.717) is 0 Å². The van der Waals surface area contributed by atoms with Crippen molar-refractivity contribution in [2.24, 2.45) is 0 Å². The summed E-state index contributed by atoms with van der Waals surface area (Å²) in [7, 11) is 1.36. The van der Waals surface area contributed by atoms with E-state index >= 15 is 0 Å². The molecule has 8 nitrogen and oxygen atoms in total. The van der Waals surface area contributed by atoms with E-state index in [0.717, 1.165) is 0 Å². The van der Waals surface area contributed by atoms with Crippen LogP contribution in [0.4, 0.5) is 0 Å². The number of carbonyl (C=O) groups is 1. The highest BCUT2D eigenvalue weighted by Crippen LogP contribution is 2.01. The molecule has 1 N–H and O–H groups in total. The van der Waals surface area contributed by atoms with Crippen molar-refractivity contribution < 1.29 is 14.6 Å². The number of amides is 1. The van der Waals surface area contributed by atoms with Gasteiger partial charge >= 0.3 is 6.17 Å². The predicted octanol–water partition coefficient (Wildman–Crippen LogP) is -0.608. The van der Waals surface area contributed by atoms with Gasteiger partial charge in [0.25, 0.3) is 0 Å². The van der Waals surface area contributed by atoms with Gasteiger partial charge in [0.05, 0.1) is 16.3 Å². The van der Waals surface area contributed by atoms with Crippen molar-refractivity contribution >= 4 is 5.91 Å². The smallest absolute Gasteiger partial charge is 0.359 e. The van der Waals surface area contributed by atoms with Gasteiger partial charge in [-0.1, -0.05) is 0 Å². The van der Waals surface area contributed by atoms with Crippen molar-refractivity contribution in [1.82, 2.24) is 5.32 Å². The number of rotatable bonds is 5. The van der Waals surface area contributed by atoms with Crippen LogP contribution in [-0.2, 0) is 4.79 Å². The summed E-state index contributed by atoms with van der Waals surface area (Å²) in [5.41, 5.74) is 0. The fraction of sp³-hybridized carbons (Fsp3) is 0.800. The first-order valence-electron chi connectivity index (χ1n) is 3.46. The van der Waals surface area contributed by atoms with Crippen LogP contribution in [0.3, 0.4) is 0 Å². The van der Waals surface area contributed by atoms with Crippen LogP contribution >= 0.6 is 0 Å². The Hall–Kier alpha value is -1.73. The molecule has 74 valence electrons. The molecule has 8 heteroatoms. The SMILES string of the molecule is CNC(=O)CCC([N+](=O)[O-])[N+](=O)[O-]. The zero-order valence-corrected chi connectivity index (χ0v) is 6.93. The normalized spacial score (nSPS) is 9.69. The zero-order chi connectivity index (χ0) is 10.4. The number of carbonyl (C=O) groups excluding carboxylic acids is 1. The van der Waals surface area contributed by atoms with Gasteiger partial charge in [0.2, 0.25) is 5.91 Å². The van der Waals surface area contributed by atoms with Crippen LogP contribution in [0.25, 0.3) is 0 Å². The molecular weight excluding hydrogens is 182 g/mol. The Bertz CT molecular complexity index is 214. The highest BCUT2D eigenvalue weighted by molar-refractivity contribution is 5.75. The van der Waals surface area contributed by atoms with Crippen LogP contribution in [0, 0.1) is 20.2 Å². The van der Waals surface area contributed by atoms with Crippen LogP contribution in [-0.4, -0.2) is 29.0 Å². The molecule has 1 amide bonds. The quantitative estimate of drug-likeness (QED) is 0.353. The number of nitro groups is 2. The summed E-state index contributed by atoms with van der Waals surface area (Å²) in [5.74, 6) is -0.450. The Labute approximate surface area is 73.2 Å². The molecule has 0 atom stereocenters. The van der Waals surface area contributed by atoms with Gasteiger partial charge < -0.3 is 5.32 Å². The number of hydrogen-bond donors (Lipinski definition) is 1. The molecule has 0 aromatic heterocycles. The van der Waals surface area contributed by atoms with E-state index in [-0.39, 0.29) is 12.8 Å². The third kappa shape index (κ3) is 3.99. The molecular formula is C5H9N3O5. The molecule has 0 aliphatic carbocycles. The van der Waals surface area contributed by atoms with Crippen LogP contribution in [0.15, 0.2) is 0 Å². The lowest BCUT2D eigenvalue weighted by atomic mass is 10.2. The van der Waals surface area contributed by atoms with Gasteiger partial charge in [0, 0.05) is 13.5 Å². The molecule has 0 fully saturated rings. The molecule has 0 aliphatic rings. The molecule has 13 heavy (non-hydrogen) atoms. The zero-order valence-electron chi connectivity index (χ0n) is 6.93. The Balaban J connectivity index is 4.05. The Morgan fingerprint density at radius 2 is 1.85 bits per heavy atom.